The number of nitrogens with one attached hydrogen (secondary N) is 1. The number of benzene rings is 1. The predicted molar refractivity (Wildman–Crippen MR) is 82.2 cm³/mol. The van der Waals surface area contributed by atoms with Gasteiger partial charge < -0.3 is 14.6 Å². The molecule has 0 unspecified atom stereocenters. The largest absolute Gasteiger partial charge is 0.423 e. The van der Waals surface area contributed by atoms with E-state index in [1.165, 1.54) is 12.1 Å². The molecule has 1 saturated heterocycles. The second kappa shape index (κ2) is 6.28. The maximum Gasteiger partial charge on any atom is 0.298 e. The number of fused-ring (bicyclic) bond motifs is 1. The zero-order chi connectivity index (χ0) is 14.1. The molecule has 2 aromatic rings. The Morgan fingerprint density at radius 2 is 2.14 bits per heavy atom. The van der Waals surface area contributed by atoms with Gasteiger partial charge in [-0.15, -0.1) is 12.4 Å². The summed E-state index contributed by atoms with van der Waals surface area (Å²) in [6.45, 7) is 1.75. The molecule has 3 rings (SSSR count). The van der Waals surface area contributed by atoms with Gasteiger partial charge >= 0.3 is 0 Å². The van der Waals surface area contributed by atoms with E-state index < -0.39 is 4.92 Å². The van der Waals surface area contributed by atoms with Crippen LogP contribution in [0.4, 0.5) is 11.7 Å². The summed E-state index contributed by atoms with van der Waals surface area (Å²) in [6.07, 6.45) is 2.07. The van der Waals surface area contributed by atoms with Gasteiger partial charge in [-0.05, 0) is 26.0 Å². The number of nitro groups is 1. The topological polar surface area (TPSA) is 84.4 Å². The van der Waals surface area contributed by atoms with Crippen LogP contribution in [0.2, 0.25) is 0 Å². The van der Waals surface area contributed by atoms with E-state index in [-0.39, 0.29) is 18.1 Å². The second-order valence-electron chi connectivity index (χ2n) is 4.96. The van der Waals surface area contributed by atoms with Gasteiger partial charge in [-0.3, -0.25) is 10.1 Å². The van der Waals surface area contributed by atoms with Crippen LogP contribution in [0.25, 0.3) is 11.1 Å². The number of anilines is 1. The first-order valence-electron chi connectivity index (χ1n) is 6.64. The van der Waals surface area contributed by atoms with E-state index in [9.17, 15) is 10.1 Å². The van der Waals surface area contributed by atoms with Crippen LogP contribution in [0.1, 0.15) is 12.8 Å². The first-order valence-corrected chi connectivity index (χ1v) is 6.64. The number of rotatable bonds is 3. The molecule has 0 spiro atoms. The van der Waals surface area contributed by atoms with Crippen molar-refractivity contribution in [3.63, 3.8) is 0 Å². The fraction of sp³-hybridized carbons (Fsp3) is 0.462. The molecule has 1 aromatic heterocycles. The molecule has 0 aliphatic carbocycles. The van der Waals surface area contributed by atoms with Gasteiger partial charge in [0.25, 0.3) is 11.7 Å². The van der Waals surface area contributed by atoms with Gasteiger partial charge in [0.15, 0.2) is 5.58 Å². The monoisotopic (exact) mass is 312 g/mol. The molecular formula is C13H17ClN4O3. The third-order valence-electron chi connectivity index (χ3n) is 3.74. The van der Waals surface area contributed by atoms with Crippen molar-refractivity contribution in [3.05, 3.63) is 28.3 Å². The SMILES string of the molecule is CNC1CCN(c2nc3cc([N+](=O)[O-])ccc3o2)CC1.Cl. The zero-order valence-corrected chi connectivity index (χ0v) is 12.4. The van der Waals surface area contributed by atoms with Gasteiger partial charge in [0.05, 0.1) is 4.92 Å². The van der Waals surface area contributed by atoms with E-state index in [2.05, 4.69) is 15.2 Å². The number of hydrogen-bond acceptors (Lipinski definition) is 6. The Morgan fingerprint density at radius 1 is 1.43 bits per heavy atom. The molecule has 114 valence electrons. The van der Waals surface area contributed by atoms with Gasteiger partial charge in [-0.1, -0.05) is 0 Å². The lowest BCUT2D eigenvalue weighted by Crippen LogP contribution is -2.41. The third-order valence-corrected chi connectivity index (χ3v) is 3.74. The third kappa shape index (κ3) is 3.08. The molecule has 21 heavy (non-hydrogen) atoms. The van der Waals surface area contributed by atoms with Crippen LogP contribution in [-0.2, 0) is 0 Å². The van der Waals surface area contributed by atoms with Crippen molar-refractivity contribution < 1.29 is 9.34 Å². The summed E-state index contributed by atoms with van der Waals surface area (Å²) in [4.78, 5) is 16.8. The number of nitro benzene ring substituents is 1. The Labute approximate surface area is 127 Å². The average Bonchev–Trinajstić information content (AvgIpc) is 2.90. The van der Waals surface area contributed by atoms with Crippen LogP contribution in [0.5, 0.6) is 0 Å². The molecule has 2 heterocycles. The summed E-state index contributed by atoms with van der Waals surface area (Å²) in [5.74, 6) is 0. The molecule has 1 aromatic carbocycles. The van der Waals surface area contributed by atoms with Crippen molar-refractivity contribution in [2.45, 2.75) is 18.9 Å². The highest BCUT2D eigenvalue weighted by Gasteiger charge is 2.22. The molecule has 1 aliphatic heterocycles. The average molecular weight is 313 g/mol. The Bertz CT molecular complexity index is 637. The van der Waals surface area contributed by atoms with Crippen molar-refractivity contribution in [3.8, 4) is 0 Å². The molecule has 8 heteroatoms. The minimum atomic E-state index is -0.424. The Kier molecular flexibility index (Phi) is 4.64. The van der Waals surface area contributed by atoms with Crippen molar-refractivity contribution in [2.24, 2.45) is 0 Å². The van der Waals surface area contributed by atoms with E-state index in [1.54, 1.807) is 6.07 Å². The van der Waals surface area contributed by atoms with Crippen LogP contribution >= 0.6 is 12.4 Å². The minimum absolute atomic E-state index is 0. The van der Waals surface area contributed by atoms with E-state index in [1.807, 2.05) is 7.05 Å². The number of hydrogen-bond donors (Lipinski definition) is 1. The molecule has 0 atom stereocenters. The first-order chi connectivity index (χ1) is 9.67. The molecular weight excluding hydrogens is 296 g/mol. The fourth-order valence-electron chi connectivity index (χ4n) is 2.51. The van der Waals surface area contributed by atoms with Gasteiger partial charge in [-0.25, -0.2) is 0 Å². The van der Waals surface area contributed by atoms with Crippen molar-refractivity contribution in [2.75, 3.05) is 25.0 Å². The van der Waals surface area contributed by atoms with E-state index >= 15 is 0 Å². The van der Waals surface area contributed by atoms with E-state index in [0.717, 1.165) is 25.9 Å². The molecule has 7 nitrogen and oxygen atoms in total. The molecule has 0 saturated carbocycles. The van der Waals surface area contributed by atoms with Gasteiger partial charge in [0.1, 0.15) is 5.52 Å². The van der Waals surface area contributed by atoms with Crippen LogP contribution in [0.15, 0.2) is 22.6 Å². The maximum atomic E-state index is 10.8. The first kappa shape index (κ1) is 15.5. The zero-order valence-electron chi connectivity index (χ0n) is 11.6. The number of piperidine rings is 1. The highest BCUT2D eigenvalue weighted by atomic mass is 35.5. The standard InChI is InChI=1S/C13H16N4O3.ClH/c1-14-9-4-6-16(7-5-9)13-15-11-8-10(17(18)19)2-3-12(11)20-13;/h2-3,8-9,14H,4-7H2,1H3;1H. The molecule has 0 amide bonds. The predicted octanol–water partition coefficient (Wildman–Crippen LogP) is 2.35. The van der Waals surface area contributed by atoms with Gasteiger partial charge in [-0.2, -0.15) is 4.98 Å². The second-order valence-corrected chi connectivity index (χ2v) is 4.96. The van der Waals surface area contributed by atoms with E-state index in [4.69, 9.17) is 4.42 Å². The maximum absolute atomic E-state index is 10.8. The lowest BCUT2D eigenvalue weighted by Gasteiger charge is -2.30. The van der Waals surface area contributed by atoms with Crippen LogP contribution in [-0.4, -0.2) is 36.1 Å². The summed E-state index contributed by atoms with van der Waals surface area (Å²) < 4.78 is 5.68. The summed E-state index contributed by atoms with van der Waals surface area (Å²) in [5, 5.41) is 14.0. The normalized spacial score (nSPS) is 16.0. The molecule has 1 fully saturated rings. The Morgan fingerprint density at radius 3 is 2.76 bits per heavy atom. The number of oxazole rings is 1. The van der Waals surface area contributed by atoms with Crippen molar-refractivity contribution >= 4 is 35.2 Å². The Balaban J connectivity index is 0.00000161. The molecule has 0 radical (unpaired) electrons. The van der Waals surface area contributed by atoms with Crippen molar-refractivity contribution in [1.29, 1.82) is 0 Å². The van der Waals surface area contributed by atoms with Gasteiger partial charge in [0.2, 0.25) is 0 Å². The summed E-state index contributed by atoms with van der Waals surface area (Å²) >= 11 is 0. The smallest absolute Gasteiger partial charge is 0.298 e. The van der Waals surface area contributed by atoms with Gasteiger partial charge in [0, 0.05) is 31.3 Å². The number of nitrogens with zero attached hydrogens (tertiary/aromatic N) is 3. The quantitative estimate of drug-likeness (QED) is 0.691. The highest BCUT2D eigenvalue weighted by Crippen LogP contribution is 2.27. The minimum Gasteiger partial charge on any atom is -0.423 e. The summed E-state index contributed by atoms with van der Waals surface area (Å²) in [7, 11) is 1.97. The number of halogens is 1. The Hall–Kier alpha value is -1.86. The number of non-ortho nitro benzene ring substituents is 1. The molecule has 0 bridgehead atoms. The summed E-state index contributed by atoms with van der Waals surface area (Å²) in [6, 6.07) is 5.57. The van der Waals surface area contributed by atoms with Crippen molar-refractivity contribution in [1.82, 2.24) is 10.3 Å². The van der Waals surface area contributed by atoms with Crippen LogP contribution in [0, 0.1) is 10.1 Å². The lowest BCUT2D eigenvalue weighted by atomic mass is 10.1. The van der Waals surface area contributed by atoms with E-state index in [0.29, 0.717) is 23.2 Å². The highest BCUT2D eigenvalue weighted by molar-refractivity contribution is 5.85. The molecule has 1 N–H and O–H groups in total. The van der Waals surface area contributed by atoms with Crippen LogP contribution < -0.4 is 10.2 Å². The molecule has 1 aliphatic rings. The lowest BCUT2D eigenvalue weighted by molar-refractivity contribution is -0.384. The number of aromatic nitrogens is 1. The summed E-state index contributed by atoms with van der Waals surface area (Å²) in [5.41, 5.74) is 1.15. The van der Waals surface area contributed by atoms with Crippen LogP contribution in [0.3, 0.4) is 0 Å². The fourth-order valence-corrected chi connectivity index (χ4v) is 2.51.